The molecular weight excluding hydrogens is 226 g/mol. The Hall–Kier alpha value is -1.27. The fourth-order valence-electron chi connectivity index (χ4n) is 2.92. The van der Waals surface area contributed by atoms with Crippen molar-refractivity contribution in [3.8, 4) is 6.07 Å². The zero-order valence-electron chi connectivity index (χ0n) is 11.1. The molecule has 0 saturated heterocycles. The molecule has 1 fully saturated rings. The van der Waals surface area contributed by atoms with E-state index in [0.29, 0.717) is 11.7 Å². The molecule has 0 radical (unpaired) electrons. The molecule has 1 aromatic rings. The van der Waals surface area contributed by atoms with Gasteiger partial charge in [0.05, 0.1) is 11.5 Å². The first-order chi connectivity index (χ1) is 8.61. The highest BCUT2D eigenvalue weighted by Crippen LogP contribution is 2.47. The minimum absolute atomic E-state index is 0.531. The Morgan fingerprint density at radius 1 is 1.50 bits per heavy atom. The highest BCUT2D eigenvalue weighted by Gasteiger charge is 2.43. The van der Waals surface area contributed by atoms with Crippen LogP contribution < -0.4 is 0 Å². The standard InChI is InChI=1S/C15H21NO2/c1-3-12-6-8-15(10-16,9-7-12)14(17)13-5-4-11(2)18-13/h4-5,12,14,17H,3,6-9H2,1-2H3. The van der Waals surface area contributed by atoms with Crippen molar-refractivity contribution in [2.45, 2.75) is 52.1 Å². The number of nitrogens with zero attached hydrogens (tertiary/aromatic N) is 1. The first-order valence-corrected chi connectivity index (χ1v) is 6.77. The van der Waals surface area contributed by atoms with Gasteiger partial charge in [0.15, 0.2) is 0 Å². The summed E-state index contributed by atoms with van der Waals surface area (Å²) in [4.78, 5) is 0. The van der Waals surface area contributed by atoms with Crippen molar-refractivity contribution in [3.05, 3.63) is 23.7 Å². The van der Waals surface area contributed by atoms with Gasteiger partial charge in [-0.1, -0.05) is 13.3 Å². The minimum Gasteiger partial charge on any atom is -0.464 e. The van der Waals surface area contributed by atoms with Crippen LogP contribution in [0.3, 0.4) is 0 Å². The van der Waals surface area contributed by atoms with Gasteiger partial charge in [0.2, 0.25) is 0 Å². The molecule has 0 aromatic carbocycles. The Bertz CT molecular complexity index is 436. The highest BCUT2D eigenvalue weighted by atomic mass is 16.4. The predicted molar refractivity (Wildman–Crippen MR) is 68.7 cm³/mol. The van der Waals surface area contributed by atoms with E-state index in [9.17, 15) is 10.4 Å². The summed E-state index contributed by atoms with van der Waals surface area (Å²) in [6.07, 6.45) is 3.96. The summed E-state index contributed by atoms with van der Waals surface area (Å²) in [6.45, 7) is 4.04. The molecule has 1 aromatic heterocycles. The molecule has 1 saturated carbocycles. The van der Waals surface area contributed by atoms with Crippen LogP contribution in [-0.4, -0.2) is 5.11 Å². The molecule has 1 heterocycles. The van der Waals surface area contributed by atoms with Gasteiger partial charge in [0.1, 0.15) is 17.6 Å². The maximum atomic E-state index is 10.5. The number of aliphatic hydroxyl groups is 1. The summed E-state index contributed by atoms with van der Waals surface area (Å²) in [5, 5.41) is 19.9. The Labute approximate surface area is 108 Å². The van der Waals surface area contributed by atoms with Crippen LogP contribution in [0.25, 0.3) is 0 Å². The van der Waals surface area contributed by atoms with E-state index < -0.39 is 11.5 Å². The topological polar surface area (TPSA) is 57.2 Å². The molecular formula is C15H21NO2. The Morgan fingerprint density at radius 3 is 2.61 bits per heavy atom. The van der Waals surface area contributed by atoms with Crippen molar-refractivity contribution in [3.63, 3.8) is 0 Å². The Balaban J connectivity index is 2.16. The number of furan rings is 1. The molecule has 98 valence electrons. The van der Waals surface area contributed by atoms with Crippen LogP contribution in [0, 0.1) is 29.6 Å². The first kappa shape index (κ1) is 13.2. The first-order valence-electron chi connectivity index (χ1n) is 6.77. The van der Waals surface area contributed by atoms with Crippen molar-refractivity contribution in [1.29, 1.82) is 5.26 Å². The van der Waals surface area contributed by atoms with Gasteiger partial charge in [-0.05, 0) is 50.7 Å². The molecule has 18 heavy (non-hydrogen) atoms. The molecule has 1 aliphatic carbocycles. The second-order valence-corrected chi connectivity index (χ2v) is 5.47. The second-order valence-electron chi connectivity index (χ2n) is 5.47. The second kappa shape index (κ2) is 5.16. The fourth-order valence-corrected chi connectivity index (χ4v) is 2.92. The summed E-state index contributed by atoms with van der Waals surface area (Å²) >= 11 is 0. The van der Waals surface area contributed by atoms with Crippen molar-refractivity contribution in [1.82, 2.24) is 0 Å². The summed E-state index contributed by atoms with van der Waals surface area (Å²) in [7, 11) is 0. The molecule has 0 aliphatic heterocycles. The van der Waals surface area contributed by atoms with Gasteiger partial charge >= 0.3 is 0 Å². The third-order valence-corrected chi connectivity index (χ3v) is 4.35. The van der Waals surface area contributed by atoms with Gasteiger partial charge in [0, 0.05) is 0 Å². The van der Waals surface area contributed by atoms with E-state index in [1.54, 1.807) is 6.07 Å². The summed E-state index contributed by atoms with van der Waals surface area (Å²) in [5.74, 6) is 2.01. The van der Waals surface area contributed by atoms with Gasteiger partial charge in [-0.2, -0.15) is 5.26 Å². The lowest BCUT2D eigenvalue weighted by atomic mass is 9.67. The van der Waals surface area contributed by atoms with Crippen molar-refractivity contribution in [2.75, 3.05) is 0 Å². The third kappa shape index (κ3) is 2.30. The van der Waals surface area contributed by atoms with Crippen LogP contribution in [0.1, 0.15) is 56.7 Å². The van der Waals surface area contributed by atoms with E-state index >= 15 is 0 Å². The maximum Gasteiger partial charge on any atom is 0.134 e. The van der Waals surface area contributed by atoms with Gasteiger partial charge in [-0.25, -0.2) is 0 Å². The van der Waals surface area contributed by atoms with Crippen molar-refractivity contribution in [2.24, 2.45) is 11.3 Å². The third-order valence-electron chi connectivity index (χ3n) is 4.35. The molecule has 3 nitrogen and oxygen atoms in total. The van der Waals surface area contributed by atoms with E-state index in [0.717, 1.165) is 37.9 Å². The average Bonchev–Trinajstić information content (AvgIpc) is 2.84. The highest BCUT2D eigenvalue weighted by molar-refractivity contribution is 5.16. The zero-order chi connectivity index (χ0) is 13.2. The Kier molecular flexibility index (Phi) is 3.77. The average molecular weight is 247 g/mol. The number of aryl methyl sites for hydroxylation is 1. The largest absolute Gasteiger partial charge is 0.464 e. The lowest BCUT2D eigenvalue weighted by Crippen LogP contribution is -2.32. The summed E-state index contributed by atoms with van der Waals surface area (Å²) in [5.41, 5.74) is -0.657. The normalized spacial score (nSPS) is 29.8. The zero-order valence-corrected chi connectivity index (χ0v) is 11.1. The lowest BCUT2D eigenvalue weighted by molar-refractivity contribution is 0.00913. The van der Waals surface area contributed by atoms with E-state index in [-0.39, 0.29) is 0 Å². The maximum absolute atomic E-state index is 10.5. The lowest BCUT2D eigenvalue weighted by Gasteiger charge is -2.37. The van der Waals surface area contributed by atoms with Gasteiger partial charge in [0.25, 0.3) is 0 Å². The molecule has 1 atom stereocenters. The summed E-state index contributed by atoms with van der Waals surface area (Å²) < 4.78 is 5.48. The van der Waals surface area contributed by atoms with E-state index in [4.69, 9.17) is 4.42 Å². The quantitative estimate of drug-likeness (QED) is 0.885. The van der Waals surface area contributed by atoms with Gasteiger partial charge < -0.3 is 9.52 Å². The van der Waals surface area contributed by atoms with Crippen LogP contribution in [0.15, 0.2) is 16.5 Å². The van der Waals surface area contributed by atoms with Gasteiger partial charge in [-0.15, -0.1) is 0 Å². The van der Waals surface area contributed by atoms with Crippen LogP contribution in [-0.2, 0) is 0 Å². The Morgan fingerprint density at radius 2 is 2.17 bits per heavy atom. The molecule has 1 N–H and O–H groups in total. The van der Waals surface area contributed by atoms with Crippen LogP contribution >= 0.6 is 0 Å². The smallest absolute Gasteiger partial charge is 0.134 e. The van der Waals surface area contributed by atoms with Gasteiger partial charge in [-0.3, -0.25) is 0 Å². The minimum atomic E-state index is -0.797. The number of hydrogen-bond acceptors (Lipinski definition) is 3. The number of rotatable bonds is 3. The van der Waals surface area contributed by atoms with E-state index in [1.807, 2.05) is 13.0 Å². The molecule has 1 unspecified atom stereocenters. The molecule has 2 rings (SSSR count). The van der Waals surface area contributed by atoms with E-state index in [1.165, 1.54) is 0 Å². The van der Waals surface area contributed by atoms with E-state index in [2.05, 4.69) is 13.0 Å². The predicted octanol–water partition coefficient (Wildman–Crippen LogP) is 3.73. The molecule has 3 heteroatoms. The number of nitriles is 1. The van der Waals surface area contributed by atoms with Crippen molar-refractivity contribution < 1.29 is 9.52 Å². The fraction of sp³-hybridized carbons (Fsp3) is 0.667. The molecule has 0 bridgehead atoms. The molecule has 0 spiro atoms. The van der Waals surface area contributed by atoms with Crippen LogP contribution in [0.4, 0.5) is 0 Å². The monoisotopic (exact) mass is 247 g/mol. The molecule has 1 aliphatic rings. The molecule has 0 amide bonds. The van der Waals surface area contributed by atoms with Crippen LogP contribution in [0.5, 0.6) is 0 Å². The number of hydrogen-bond donors (Lipinski definition) is 1. The van der Waals surface area contributed by atoms with Crippen molar-refractivity contribution >= 4 is 0 Å². The SMILES string of the molecule is CCC1CCC(C#N)(C(O)c2ccc(C)o2)CC1. The number of aliphatic hydroxyl groups excluding tert-OH is 1. The summed E-state index contributed by atoms with van der Waals surface area (Å²) in [6, 6.07) is 5.98. The van der Waals surface area contributed by atoms with Crippen LogP contribution in [0.2, 0.25) is 0 Å².